The Morgan fingerprint density at radius 2 is 1.78 bits per heavy atom. The lowest BCUT2D eigenvalue weighted by Crippen LogP contribution is -2.27. The number of amides is 1. The second kappa shape index (κ2) is 8.15. The molecule has 0 spiro atoms. The molecule has 0 saturated heterocycles. The summed E-state index contributed by atoms with van der Waals surface area (Å²) in [4.78, 5) is 12.1. The van der Waals surface area contributed by atoms with Crippen LogP contribution in [0.25, 0.3) is 0 Å². The molecule has 2 aromatic carbocycles. The van der Waals surface area contributed by atoms with E-state index in [1.54, 1.807) is 0 Å². The van der Waals surface area contributed by atoms with E-state index in [0.29, 0.717) is 12.0 Å². The van der Waals surface area contributed by atoms with Crippen LogP contribution >= 0.6 is 11.6 Å². The Labute approximate surface area is 158 Å². The number of nitrogens with one attached hydrogen (secondary N) is 1. The second-order valence-corrected chi connectivity index (χ2v) is 7.38. The zero-order valence-electron chi connectivity index (χ0n) is 13.6. The minimum atomic E-state index is -4.95. The molecular formula is C16H14ClF3N2O4S. The average molecular weight is 423 g/mol. The van der Waals surface area contributed by atoms with E-state index in [1.807, 2.05) is 0 Å². The van der Waals surface area contributed by atoms with Gasteiger partial charge in [-0.05, 0) is 42.3 Å². The van der Waals surface area contributed by atoms with E-state index in [0.717, 1.165) is 12.1 Å². The number of hydrogen-bond donors (Lipinski definition) is 2. The Bertz CT molecular complexity index is 932. The number of nitrogens with two attached hydrogens (primary N) is 1. The maximum Gasteiger partial charge on any atom is 0.573 e. The van der Waals surface area contributed by atoms with Gasteiger partial charge in [-0.25, -0.2) is 13.6 Å². The van der Waals surface area contributed by atoms with Gasteiger partial charge in [0.2, 0.25) is 10.0 Å². The molecular weight excluding hydrogens is 409 g/mol. The summed E-state index contributed by atoms with van der Waals surface area (Å²) in [6, 6.07) is 8.87. The first-order valence-electron chi connectivity index (χ1n) is 7.41. The van der Waals surface area contributed by atoms with Crippen molar-refractivity contribution in [3.8, 4) is 5.75 Å². The number of sulfonamides is 1. The fourth-order valence-corrected chi connectivity index (χ4v) is 2.84. The van der Waals surface area contributed by atoms with Crippen molar-refractivity contribution in [2.75, 3.05) is 6.54 Å². The molecule has 146 valence electrons. The fourth-order valence-electron chi connectivity index (χ4n) is 2.15. The second-order valence-electron chi connectivity index (χ2n) is 5.38. The molecule has 3 N–H and O–H groups in total. The van der Waals surface area contributed by atoms with E-state index in [2.05, 4.69) is 10.1 Å². The Balaban J connectivity index is 2.03. The Morgan fingerprint density at radius 3 is 2.33 bits per heavy atom. The molecule has 0 aliphatic heterocycles. The van der Waals surface area contributed by atoms with Crippen LogP contribution in [-0.4, -0.2) is 27.2 Å². The summed E-state index contributed by atoms with van der Waals surface area (Å²) in [6.07, 6.45) is -4.64. The highest BCUT2D eigenvalue weighted by Crippen LogP contribution is 2.28. The first kappa shape index (κ1) is 21.0. The number of benzene rings is 2. The van der Waals surface area contributed by atoms with Gasteiger partial charge in [-0.1, -0.05) is 23.7 Å². The van der Waals surface area contributed by atoms with Gasteiger partial charge in [0.1, 0.15) is 5.75 Å². The molecule has 11 heteroatoms. The molecule has 0 aliphatic rings. The molecule has 0 aromatic heterocycles. The Hall–Kier alpha value is -2.30. The molecule has 2 rings (SSSR count). The molecule has 0 heterocycles. The molecule has 0 aliphatic carbocycles. The maximum absolute atomic E-state index is 12.4. The minimum absolute atomic E-state index is 0.0526. The van der Waals surface area contributed by atoms with Crippen LogP contribution in [0.2, 0.25) is 5.02 Å². The Morgan fingerprint density at radius 1 is 1.15 bits per heavy atom. The summed E-state index contributed by atoms with van der Waals surface area (Å²) >= 11 is 5.74. The predicted octanol–water partition coefficient (Wildman–Crippen LogP) is 2.86. The van der Waals surface area contributed by atoms with Crippen molar-refractivity contribution in [3.05, 3.63) is 58.6 Å². The molecule has 1 amide bonds. The van der Waals surface area contributed by atoms with Crippen LogP contribution in [0.15, 0.2) is 47.4 Å². The van der Waals surface area contributed by atoms with Crippen molar-refractivity contribution in [1.82, 2.24) is 5.32 Å². The molecule has 0 saturated carbocycles. The van der Waals surface area contributed by atoms with Crippen LogP contribution in [0.1, 0.15) is 15.9 Å². The monoisotopic (exact) mass is 422 g/mol. The molecule has 0 fully saturated rings. The largest absolute Gasteiger partial charge is 0.573 e. The lowest BCUT2D eigenvalue weighted by molar-refractivity contribution is -0.274. The zero-order valence-corrected chi connectivity index (χ0v) is 15.2. The van der Waals surface area contributed by atoms with Crippen LogP contribution in [0, 0.1) is 0 Å². The zero-order chi connectivity index (χ0) is 20.2. The third kappa shape index (κ3) is 6.42. The number of primary sulfonamides is 1. The van der Waals surface area contributed by atoms with Gasteiger partial charge in [-0.3, -0.25) is 4.79 Å². The van der Waals surface area contributed by atoms with Crippen LogP contribution in [-0.2, 0) is 16.4 Å². The molecule has 6 nitrogen and oxygen atoms in total. The third-order valence-electron chi connectivity index (χ3n) is 3.36. The van der Waals surface area contributed by atoms with Crippen LogP contribution in [0.5, 0.6) is 5.75 Å². The van der Waals surface area contributed by atoms with Crippen molar-refractivity contribution < 1.29 is 31.1 Å². The summed E-state index contributed by atoms with van der Waals surface area (Å²) in [6.45, 7) is 0.0888. The van der Waals surface area contributed by atoms with E-state index in [-0.39, 0.29) is 22.0 Å². The number of ether oxygens (including phenoxy) is 1. The topological polar surface area (TPSA) is 98.5 Å². The third-order valence-corrected chi connectivity index (χ3v) is 4.53. The van der Waals surface area contributed by atoms with Gasteiger partial charge in [0, 0.05) is 11.6 Å². The van der Waals surface area contributed by atoms with E-state index < -0.39 is 28.0 Å². The smallest absolute Gasteiger partial charge is 0.405 e. The lowest BCUT2D eigenvalue weighted by Gasteiger charge is -2.13. The van der Waals surface area contributed by atoms with E-state index >= 15 is 0 Å². The highest BCUT2D eigenvalue weighted by Gasteiger charge is 2.33. The Kier molecular flexibility index (Phi) is 6.34. The summed E-state index contributed by atoms with van der Waals surface area (Å²) in [5, 5.41) is 7.53. The van der Waals surface area contributed by atoms with Crippen LogP contribution in [0.3, 0.4) is 0 Å². The van der Waals surface area contributed by atoms with Gasteiger partial charge in [-0.15, -0.1) is 13.2 Å². The summed E-state index contributed by atoms with van der Waals surface area (Å²) in [5.74, 6) is -1.46. The van der Waals surface area contributed by atoms with Gasteiger partial charge in [0.25, 0.3) is 5.91 Å². The van der Waals surface area contributed by atoms with Crippen molar-refractivity contribution in [2.45, 2.75) is 17.7 Å². The van der Waals surface area contributed by atoms with Crippen molar-refractivity contribution in [1.29, 1.82) is 0 Å². The summed E-state index contributed by atoms with van der Waals surface area (Å²) < 4.78 is 63.5. The van der Waals surface area contributed by atoms with E-state index in [4.69, 9.17) is 16.7 Å². The SMILES string of the molecule is NS(=O)(=O)c1ccc(CCNC(=O)c2cc(Cl)ccc2OC(F)(F)F)cc1. The standard InChI is InChI=1S/C16H14ClF3N2O4S/c17-11-3-6-14(26-16(18,19)20)13(9-11)15(23)22-8-7-10-1-4-12(5-2-10)27(21,24)25/h1-6,9H,7-8H2,(H,22,23)(H2,21,24,25). The van der Waals surface area contributed by atoms with Gasteiger partial charge in [0.15, 0.2) is 0 Å². The number of halogens is 4. The molecule has 0 unspecified atom stereocenters. The fraction of sp³-hybridized carbons (Fsp3) is 0.188. The first-order valence-corrected chi connectivity index (χ1v) is 9.33. The van der Waals surface area contributed by atoms with E-state index in [1.165, 1.54) is 30.3 Å². The number of rotatable bonds is 6. The van der Waals surface area contributed by atoms with Crippen molar-refractivity contribution in [3.63, 3.8) is 0 Å². The first-order chi connectivity index (χ1) is 12.5. The molecule has 2 aromatic rings. The van der Waals surface area contributed by atoms with E-state index in [9.17, 15) is 26.4 Å². The summed E-state index contributed by atoms with van der Waals surface area (Å²) in [5.41, 5.74) is 0.338. The van der Waals surface area contributed by atoms with Crippen LogP contribution in [0.4, 0.5) is 13.2 Å². The summed E-state index contributed by atoms with van der Waals surface area (Å²) in [7, 11) is -3.80. The number of hydrogen-bond acceptors (Lipinski definition) is 4. The molecule has 0 bridgehead atoms. The average Bonchev–Trinajstić information content (AvgIpc) is 2.55. The van der Waals surface area contributed by atoms with Gasteiger partial charge in [0.05, 0.1) is 10.5 Å². The lowest BCUT2D eigenvalue weighted by atomic mass is 10.1. The highest BCUT2D eigenvalue weighted by molar-refractivity contribution is 7.89. The van der Waals surface area contributed by atoms with Gasteiger partial charge in [-0.2, -0.15) is 0 Å². The quantitative estimate of drug-likeness (QED) is 0.747. The maximum atomic E-state index is 12.4. The molecule has 0 atom stereocenters. The molecule has 27 heavy (non-hydrogen) atoms. The van der Waals surface area contributed by atoms with Crippen molar-refractivity contribution in [2.24, 2.45) is 5.14 Å². The minimum Gasteiger partial charge on any atom is -0.405 e. The number of carbonyl (C=O) groups excluding carboxylic acids is 1. The predicted molar refractivity (Wildman–Crippen MR) is 92.0 cm³/mol. The van der Waals surface area contributed by atoms with Crippen molar-refractivity contribution >= 4 is 27.5 Å². The van der Waals surface area contributed by atoms with Gasteiger partial charge >= 0.3 is 6.36 Å². The van der Waals surface area contributed by atoms with Gasteiger partial charge < -0.3 is 10.1 Å². The number of alkyl halides is 3. The molecule has 0 radical (unpaired) electrons. The highest BCUT2D eigenvalue weighted by atomic mass is 35.5. The van der Waals surface area contributed by atoms with Crippen LogP contribution < -0.4 is 15.2 Å². The number of carbonyl (C=O) groups is 1. The normalized spacial score (nSPS) is 11.9.